The Hall–Kier alpha value is -2.84. The van der Waals surface area contributed by atoms with E-state index in [-0.39, 0.29) is 17.9 Å². The van der Waals surface area contributed by atoms with E-state index in [1.165, 1.54) is 12.8 Å². The smallest absolute Gasteiger partial charge is 0.231 e. The molecule has 6 rings (SSSR count). The highest BCUT2D eigenvalue weighted by atomic mass is 35.5. The summed E-state index contributed by atoms with van der Waals surface area (Å²) in [4.78, 5) is 30.0. The van der Waals surface area contributed by atoms with Gasteiger partial charge < -0.3 is 24.8 Å². The predicted molar refractivity (Wildman–Crippen MR) is 122 cm³/mol. The number of aromatic nitrogens is 3. The molecule has 0 spiro atoms. The molecule has 3 aliphatic rings. The Kier molecular flexibility index (Phi) is 4.91. The van der Waals surface area contributed by atoms with Gasteiger partial charge in [-0.3, -0.25) is 4.79 Å². The molecule has 2 aromatic heterocycles. The van der Waals surface area contributed by atoms with Gasteiger partial charge in [0, 0.05) is 43.4 Å². The van der Waals surface area contributed by atoms with Gasteiger partial charge >= 0.3 is 0 Å². The largest absolute Gasteiger partial charge is 0.489 e. The Morgan fingerprint density at radius 2 is 2.09 bits per heavy atom. The Morgan fingerprint density at radius 1 is 1.25 bits per heavy atom. The van der Waals surface area contributed by atoms with E-state index in [2.05, 4.69) is 25.2 Å². The van der Waals surface area contributed by atoms with Crippen LogP contribution in [0.4, 0.5) is 5.82 Å². The third-order valence-corrected chi connectivity index (χ3v) is 6.92. The van der Waals surface area contributed by atoms with E-state index < -0.39 is 0 Å². The molecule has 166 valence electrons. The molecule has 8 nitrogen and oxygen atoms in total. The number of benzene rings is 1. The van der Waals surface area contributed by atoms with Crippen LogP contribution < -0.4 is 15.0 Å². The lowest BCUT2D eigenvalue weighted by Crippen LogP contribution is -2.58. The lowest BCUT2D eigenvalue weighted by atomic mass is 9.96. The van der Waals surface area contributed by atoms with Crippen LogP contribution in [0.3, 0.4) is 0 Å². The number of hydrogen-bond acceptors (Lipinski definition) is 6. The standard InChI is InChI=1S/C23H25ClN6O2/c24-15-3-1-14(2-4-15)18(9-25-16-5-6-16)23(31)29-7-8-30-17(11-29)12-32-19-10-26-21-20(19)22(30)28-13-27-21/h1-4,10,13,16-18,25H,5-9,11-12H2,(H,26,27,28)/t17-,18?/m0/s1. The number of aromatic amines is 1. The number of ether oxygens (including phenoxy) is 1. The molecule has 2 aliphatic heterocycles. The van der Waals surface area contributed by atoms with E-state index in [4.69, 9.17) is 16.3 Å². The van der Waals surface area contributed by atoms with Crippen LogP contribution >= 0.6 is 11.6 Å². The van der Waals surface area contributed by atoms with Crippen molar-refractivity contribution in [3.05, 3.63) is 47.4 Å². The zero-order valence-corrected chi connectivity index (χ0v) is 18.4. The van der Waals surface area contributed by atoms with Crippen molar-refractivity contribution in [3.8, 4) is 5.75 Å². The number of hydrogen-bond donors (Lipinski definition) is 2. The number of carbonyl (C=O) groups excluding carboxylic acids is 1. The fourth-order valence-electron chi connectivity index (χ4n) is 4.75. The number of nitrogens with one attached hydrogen (secondary N) is 2. The van der Waals surface area contributed by atoms with Crippen LogP contribution in [0.25, 0.3) is 11.0 Å². The van der Waals surface area contributed by atoms with E-state index in [9.17, 15) is 4.79 Å². The molecule has 9 heteroatoms. The van der Waals surface area contributed by atoms with Gasteiger partial charge in [0.2, 0.25) is 5.91 Å². The van der Waals surface area contributed by atoms with Crippen molar-refractivity contribution in [2.24, 2.45) is 0 Å². The Balaban J connectivity index is 1.24. The highest BCUT2D eigenvalue weighted by molar-refractivity contribution is 6.30. The van der Waals surface area contributed by atoms with Crippen molar-refractivity contribution >= 4 is 34.4 Å². The zero-order valence-electron chi connectivity index (χ0n) is 17.6. The van der Waals surface area contributed by atoms with Gasteiger partial charge in [0.15, 0.2) is 0 Å². The van der Waals surface area contributed by atoms with Gasteiger partial charge in [-0.2, -0.15) is 0 Å². The molecule has 1 saturated carbocycles. The second kappa shape index (κ2) is 7.94. The topological polar surface area (TPSA) is 86.4 Å². The number of rotatable bonds is 5. The summed E-state index contributed by atoms with van der Waals surface area (Å²) in [6, 6.07) is 8.24. The number of piperazine rings is 1. The molecule has 1 unspecified atom stereocenters. The first-order chi connectivity index (χ1) is 15.7. The van der Waals surface area contributed by atoms with Gasteiger partial charge in [0.1, 0.15) is 35.5 Å². The average molecular weight is 453 g/mol. The first-order valence-corrected chi connectivity index (χ1v) is 11.5. The molecule has 32 heavy (non-hydrogen) atoms. The maximum absolute atomic E-state index is 13.7. The summed E-state index contributed by atoms with van der Waals surface area (Å²) in [5.74, 6) is 1.57. The normalized spacial score (nSPS) is 21.1. The van der Waals surface area contributed by atoms with E-state index in [1.807, 2.05) is 35.4 Å². The van der Waals surface area contributed by atoms with Gasteiger partial charge in [0.05, 0.1) is 12.0 Å². The number of halogens is 1. The number of anilines is 1. The van der Waals surface area contributed by atoms with Crippen LogP contribution in [0.2, 0.25) is 5.02 Å². The molecule has 0 radical (unpaired) electrons. The Labute approximate surface area is 190 Å². The number of nitrogens with zero attached hydrogens (tertiary/aromatic N) is 4. The maximum atomic E-state index is 13.7. The van der Waals surface area contributed by atoms with Crippen LogP contribution in [0.15, 0.2) is 36.8 Å². The summed E-state index contributed by atoms with van der Waals surface area (Å²) in [6.45, 7) is 3.10. The number of carbonyl (C=O) groups is 1. The lowest BCUT2D eigenvalue weighted by Gasteiger charge is -2.42. The summed E-state index contributed by atoms with van der Waals surface area (Å²) in [7, 11) is 0. The molecular formula is C23H25ClN6O2. The van der Waals surface area contributed by atoms with E-state index in [1.54, 1.807) is 6.33 Å². The molecule has 3 aromatic rings. The Morgan fingerprint density at radius 3 is 2.91 bits per heavy atom. The second-order valence-electron chi connectivity index (χ2n) is 8.80. The highest BCUT2D eigenvalue weighted by Crippen LogP contribution is 2.36. The summed E-state index contributed by atoms with van der Waals surface area (Å²) in [5.41, 5.74) is 1.78. The summed E-state index contributed by atoms with van der Waals surface area (Å²) >= 11 is 6.09. The fourth-order valence-corrected chi connectivity index (χ4v) is 4.87. The SMILES string of the molecule is O=C(C(CNC1CC1)c1ccc(Cl)cc1)N1CCN2c3ncnc4[nH]cc(c34)OC[C@@H]2C1. The molecule has 2 fully saturated rings. The average Bonchev–Trinajstić information content (AvgIpc) is 3.58. The molecule has 2 atom stereocenters. The first kappa shape index (κ1) is 19.8. The minimum absolute atomic E-state index is 0.0421. The molecule has 0 bridgehead atoms. The minimum atomic E-state index is -0.231. The van der Waals surface area contributed by atoms with Gasteiger partial charge in [-0.05, 0) is 30.5 Å². The summed E-state index contributed by atoms with van der Waals surface area (Å²) < 4.78 is 6.09. The molecular weight excluding hydrogens is 428 g/mol. The molecule has 4 heterocycles. The van der Waals surface area contributed by atoms with Gasteiger partial charge in [-0.1, -0.05) is 23.7 Å². The van der Waals surface area contributed by atoms with Crippen LogP contribution in [0, 0.1) is 0 Å². The molecule has 2 N–H and O–H groups in total. The van der Waals surface area contributed by atoms with Gasteiger partial charge in [-0.25, -0.2) is 9.97 Å². The molecule has 1 amide bonds. The molecule has 1 saturated heterocycles. The summed E-state index contributed by atoms with van der Waals surface area (Å²) in [6.07, 6.45) is 5.80. The minimum Gasteiger partial charge on any atom is -0.489 e. The maximum Gasteiger partial charge on any atom is 0.231 e. The number of amides is 1. The lowest BCUT2D eigenvalue weighted by molar-refractivity contribution is -0.133. The van der Waals surface area contributed by atoms with Crippen LogP contribution in [-0.4, -0.2) is 70.6 Å². The molecule has 1 aliphatic carbocycles. The fraction of sp³-hybridized carbons (Fsp3) is 0.435. The van der Waals surface area contributed by atoms with Crippen molar-refractivity contribution in [1.82, 2.24) is 25.2 Å². The monoisotopic (exact) mass is 452 g/mol. The third-order valence-electron chi connectivity index (χ3n) is 6.67. The number of H-pyrrole nitrogens is 1. The van der Waals surface area contributed by atoms with Crippen molar-refractivity contribution in [3.63, 3.8) is 0 Å². The van der Waals surface area contributed by atoms with E-state index in [0.717, 1.165) is 28.2 Å². The van der Waals surface area contributed by atoms with Crippen LogP contribution in [-0.2, 0) is 4.79 Å². The van der Waals surface area contributed by atoms with E-state index in [0.29, 0.717) is 43.9 Å². The van der Waals surface area contributed by atoms with E-state index >= 15 is 0 Å². The van der Waals surface area contributed by atoms with Crippen molar-refractivity contribution in [2.45, 2.75) is 30.8 Å². The van der Waals surface area contributed by atoms with Crippen molar-refractivity contribution in [2.75, 3.05) is 37.7 Å². The highest BCUT2D eigenvalue weighted by Gasteiger charge is 2.37. The number of fused-ring (bicyclic) bond motifs is 2. The second-order valence-corrected chi connectivity index (χ2v) is 9.24. The summed E-state index contributed by atoms with van der Waals surface area (Å²) in [5, 5.41) is 5.14. The van der Waals surface area contributed by atoms with Crippen LogP contribution in [0.1, 0.15) is 24.3 Å². The molecule has 1 aromatic carbocycles. The van der Waals surface area contributed by atoms with Gasteiger partial charge in [-0.15, -0.1) is 0 Å². The predicted octanol–water partition coefficient (Wildman–Crippen LogP) is 2.56. The first-order valence-electron chi connectivity index (χ1n) is 11.2. The Bertz CT molecular complexity index is 1150. The third kappa shape index (κ3) is 3.57. The van der Waals surface area contributed by atoms with Crippen LogP contribution in [0.5, 0.6) is 5.75 Å². The quantitative estimate of drug-likeness (QED) is 0.618. The zero-order chi connectivity index (χ0) is 21.7. The van der Waals surface area contributed by atoms with Crippen molar-refractivity contribution < 1.29 is 9.53 Å². The van der Waals surface area contributed by atoms with Crippen molar-refractivity contribution in [1.29, 1.82) is 0 Å². The van der Waals surface area contributed by atoms with Gasteiger partial charge in [0.25, 0.3) is 0 Å².